The molecule has 4 nitrogen and oxygen atoms in total. The summed E-state index contributed by atoms with van der Waals surface area (Å²) in [6, 6.07) is 0. The van der Waals surface area contributed by atoms with Crippen molar-refractivity contribution in [2.45, 2.75) is 0 Å². The molecular weight excluding hydrogens is 236 g/mol. The Morgan fingerprint density at radius 2 is 0.571 bits per heavy atom. The fourth-order valence-corrected chi connectivity index (χ4v) is 0. The van der Waals surface area contributed by atoms with Crippen molar-refractivity contribution in [3.05, 3.63) is 0 Å². The molecule has 0 saturated heterocycles. The molecule has 0 fully saturated rings. The Bertz CT molecular complexity index is 11.7. The van der Waals surface area contributed by atoms with Crippen LogP contribution in [0.15, 0.2) is 0 Å². The first kappa shape index (κ1) is 183. The minimum atomic E-state index is 0. The zero-order chi connectivity index (χ0) is 0. The van der Waals surface area contributed by atoms with Crippen LogP contribution in [0.4, 0.5) is 0 Å². The van der Waals surface area contributed by atoms with Crippen molar-refractivity contribution in [1.29, 1.82) is 0 Å². The molecule has 0 atom stereocenters. The molecule has 40 valence electrons. The first-order valence-electron chi connectivity index (χ1n) is 0. The SMILES string of the molecule is [Ni+2].[O-2].[O-2].[O-2].[O-2].[Ti+4].[Zn+2]. The van der Waals surface area contributed by atoms with Gasteiger partial charge in [0.05, 0.1) is 0 Å². The quantitative estimate of drug-likeness (QED) is 0.505. The Morgan fingerprint density at radius 1 is 0.571 bits per heavy atom. The number of hydrogen-bond donors (Lipinski definition) is 0. The van der Waals surface area contributed by atoms with Gasteiger partial charge in [-0.1, -0.05) is 0 Å². The van der Waals surface area contributed by atoms with Gasteiger partial charge in [0.15, 0.2) is 0 Å². The molecule has 0 N–H and O–H groups in total. The molecule has 0 aromatic rings. The molecule has 0 aromatic heterocycles. The summed E-state index contributed by atoms with van der Waals surface area (Å²) in [5.41, 5.74) is 0. The second-order valence-corrected chi connectivity index (χ2v) is 0. The molecule has 0 unspecified atom stereocenters. The van der Waals surface area contributed by atoms with E-state index in [2.05, 4.69) is 0 Å². The molecule has 0 amide bonds. The van der Waals surface area contributed by atoms with Gasteiger partial charge in [-0.25, -0.2) is 0 Å². The summed E-state index contributed by atoms with van der Waals surface area (Å²) in [5.74, 6) is 0. The fraction of sp³-hybridized carbons (Fsp3) is 0. The van der Waals surface area contributed by atoms with Gasteiger partial charge in [0.2, 0.25) is 0 Å². The van der Waals surface area contributed by atoms with Crippen molar-refractivity contribution in [1.82, 2.24) is 0 Å². The molecule has 0 saturated carbocycles. The second kappa shape index (κ2) is 122. The van der Waals surface area contributed by atoms with Gasteiger partial charge >= 0.3 is 57.7 Å². The van der Waals surface area contributed by atoms with Crippen molar-refractivity contribution in [2.24, 2.45) is 0 Å². The van der Waals surface area contributed by atoms with Crippen LogP contribution in [-0.2, 0) is 79.6 Å². The molecule has 0 spiro atoms. The zero-order valence-electron chi connectivity index (χ0n) is 3.16. The van der Waals surface area contributed by atoms with Crippen molar-refractivity contribution in [3.8, 4) is 0 Å². The molecule has 0 aliphatic carbocycles. The number of hydrogen-bond acceptors (Lipinski definition) is 0. The summed E-state index contributed by atoms with van der Waals surface area (Å²) in [6.07, 6.45) is 0. The van der Waals surface area contributed by atoms with Crippen LogP contribution in [0.25, 0.3) is 0 Å². The third-order valence-electron chi connectivity index (χ3n) is 0. The molecule has 0 rings (SSSR count). The predicted molar refractivity (Wildman–Crippen MR) is 2.75 cm³/mol. The van der Waals surface area contributed by atoms with Gasteiger partial charge in [-0.05, 0) is 0 Å². The molecule has 0 bridgehead atoms. The third kappa shape index (κ3) is 88.3. The monoisotopic (exact) mass is 234 g/mol. The molecule has 0 heterocycles. The van der Waals surface area contributed by atoms with E-state index in [1.165, 1.54) is 0 Å². The second-order valence-electron chi connectivity index (χ2n) is 0. The standard InChI is InChI=1S/Ni.4O.Ti.Zn/q+2;4*-2;+4;+2. The maximum atomic E-state index is 0. The van der Waals surface area contributed by atoms with E-state index < -0.39 is 0 Å². The van der Waals surface area contributed by atoms with Crippen molar-refractivity contribution in [2.75, 3.05) is 0 Å². The minimum absolute atomic E-state index is 0. The first-order chi connectivity index (χ1) is 0. The van der Waals surface area contributed by atoms with Crippen LogP contribution in [0.3, 0.4) is 0 Å². The zero-order valence-corrected chi connectivity index (χ0v) is 8.67. The maximum Gasteiger partial charge on any atom is 4.00 e. The Hall–Kier alpha value is 1.67. The van der Waals surface area contributed by atoms with E-state index >= 15 is 0 Å². The average molecular weight is 236 g/mol. The van der Waals surface area contributed by atoms with Crippen LogP contribution in [0, 0.1) is 0 Å². The molecule has 0 aliphatic rings. The van der Waals surface area contributed by atoms with E-state index in [0.717, 1.165) is 0 Å². The molecule has 0 radical (unpaired) electrons. The van der Waals surface area contributed by atoms with Gasteiger partial charge < -0.3 is 21.9 Å². The summed E-state index contributed by atoms with van der Waals surface area (Å²) in [5, 5.41) is 0. The first-order valence-corrected chi connectivity index (χ1v) is 0. The summed E-state index contributed by atoms with van der Waals surface area (Å²) in [7, 11) is 0. The summed E-state index contributed by atoms with van der Waals surface area (Å²) >= 11 is 0. The van der Waals surface area contributed by atoms with E-state index in [9.17, 15) is 0 Å². The minimum Gasteiger partial charge on any atom is -2.00 e. The molecule has 0 aliphatic heterocycles. The van der Waals surface area contributed by atoms with E-state index in [4.69, 9.17) is 0 Å². The molecular formula is NiO4TiZn. The van der Waals surface area contributed by atoms with Crippen LogP contribution < -0.4 is 0 Å². The van der Waals surface area contributed by atoms with Crippen LogP contribution >= 0.6 is 0 Å². The maximum absolute atomic E-state index is 0. The smallest absolute Gasteiger partial charge is 2.00 e. The van der Waals surface area contributed by atoms with Crippen LogP contribution in [-0.4, -0.2) is 0 Å². The Morgan fingerprint density at radius 3 is 0.571 bits per heavy atom. The normalized spacial score (nSPS) is 0. The van der Waals surface area contributed by atoms with Crippen LogP contribution in [0.2, 0.25) is 0 Å². The van der Waals surface area contributed by atoms with Gasteiger partial charge in [0.25, 0.3) is 0 Å². The predicted octanol–water partition coefficient (Wildman–Crippen LogP) is -0.483. The Balaban J connectivity index is 0. The van der Waals surface area contributed by atoms with Crippen LogP contribution in [0.5, 0.6) is 0 Å². The number of rotatable bonds is 0. The van der Waals surface area contributed by atoms with Crippen molar-refractivity contribution in [3.63, 3.8) is 0 Å². The molecule has 0 aromatic carbocycles. The summed E-state index contributed by atoms with van der Waals surface area (Å²) in [6.45, 7) is 0. The van der Waals surface area contributed by atoms with Crippen LogP contribution in [0.1, 0.15) is 0 Å². The average Bonchev–Trinajstić information content (AvgIpc) is 0. The van der Waals surface area contributed by atoms with E-state index in [1.54, 1.807) is 0 Å². The Labute approximate surface area is 79.2 Å². The molecule has 7 heteroatoms. The van der Waals surface area contributed by atoms with Gasteiger partial charge in [-0.15, -0.1) is 0 Å². The van der Waals surface area contributed by atoms with Crippen molar-refractivity contribution < 1.29 is 79.6 Å². The van der Waals surface area contributed by atoms with Gasteiger partial charge in [0.1, 0.15) is 0 Å². The van der Waals surface area contributed by atoms with Gasteiger partial charge in [-0.3, -0.25) is 0 Å². The van der Waals surface area contributed by atoms with E-state index in [1.807, 2.05) is 0 Å². The topological polar surface area (TPSA) is 114 Å². The van der Waals surface area contributed by atoms with E-state index in [0.29, 0.717) is 0 Å². The van der Waals surface area contributed by atoms with E-state index in [-0.39, 0.29) is 79.6 Å². The van der Waals surface area contributed by atoms with Crippen molar-refractivity contribution >= 4 is 0 Å². The van der Waals surface area contributed by atoms with Gasteiger partial charge in [0, 0.05) is 0 Å². The van der Waals surface area contributed by atoms with Gasteiger partial charge in [-0.2, -0.15) is 0 Å². The largest absolute Gasteiger partial charge is 4.00 e. The fourth-order valence-electron chi connectivity index (χ4n) is 0. The summed E-state index contributed by atoms with van der Waals surface area (Å²) in [4.78, 5) is 0. The summed E-state index contributed by atoms with van der Waals surface area (Å²) < 4.78 is 0. The molecule has 7 heavy (non-hydrogen) atoms. The Kier molecular flexibility index (Phi) is 3190. The third-order valence-corrected chi connectivity index (χ3v) is 0.